The molecule has 25 heavy (non-hydrogen) atoms. The maximum Gasteiger partial charge on any atom is 0.220 e. The molecule has 1 aliphatic heterocycles. The first kappa shape index (κ1) is 17.2. The zero-order valence-corrected chi connectivity index (χ0v) is 14.8. The van der Waals surface area contributed by atoms with Crippen molar-refractivity contribution >= 4 is 5.91 Å². The van der Waals surface area contributed by atoms with E-state index in [0.717, 1.165) is 38.4 Å². The molecule has 0 atom stereocenters. The van der Waals surface area contributed by atoms with E-state index < -0.39 is 0 Å². The number of fused-ring (bicyclic) bond motifs is 1. The molecule has 0 radical (unpaired) electrons. The summed E-state index contributed by atoms with van der Waals surface area (Å²) < 4.78 is 4.01. The maximum atomic E-state index is 11.4. The van der Waals surface area contributed by atoms with E-state index in [-0.39, 0.29) is 5.91 Å². The van der Waals surface area contributed by atoms with E-state index in [9.17, 15) is 10.1 Å². The Morgan fingerprint density at radius 2 is 2.20 bits per heavy atom. The van der Waals surface area contributed by atoms with E-state index in [0.29, 0.717) is 18.7 Å². The van der Waals surface area contributed by atoms with Crippen LogP contribution in [0.3, 0.4) is 0 Å². The molecular weight excluding hydrogens is 316 g/mol. The highest BCUT2D eigenvalue weighted by Gasteiger charge is 2.19. The Balaban J connectivity index is 1.63. The molecule has 0 aromatic carbocycles. The van der Waals surface area contributed by atoms with E-state index in [1.54, 1.807) is 0 Å². The molecule has 0 saturated carbocycles. The summed E-state index contributed by atoms with van der Waals surface area (Å²) in [5.41, 5.74) is 3.96. The number of carbonyl (C=O) groups is 1. The van der Waals surface area contributed by atoms with Crippen LogP contribution < -0.4 is 5.32 Å². The van der Waals surface area contributed by atoms with Crippen LogP contribution in [0.2, 0.25) is 0 Å². The molecule has 0 saturated heterocycles. The molecule has 132 valence electrons. The Kier molecular flexibility index (Phi) is 5.19. The van der Waals surface area contributed by atoms with Gasteiger partial charge in [0.1, 0.15) is 11.8 Å². The minimum atomic E-state index is 0.0429. The SMILES string of the molecule is CCC(=O)NCc1cc2n(n1)CCN(Cc1cc(C#N)n(CC)c1)C2. The van der Waals surface area contributed by atoms with Gasteiger partial charge in [-0.05, 0) is 24.6 Å². The van der Waals surface area contributed by atoms with Crippen LogP contribution in [0, 0.1) is 11.3 Å². The van der Waals surface area contributed by atoms with E-state index in [4.69, 9.17) is 0 Å². The second-order valence-electron chi connectivity index (χ2n) is 6.32. The highest BCUT2D eigenvalue weighted by Crippen LogP contribution is 2.18. The lowest BCUT2D eigenvalue weighted by molar-refractivity contribution is -0.120. The van der Waals surface area contributed by atoms with Gasteiger partial charge in [0.15, 0.2) is 0 Å². The molecule has 1 aliphatic rings. The molecular formula is C18H24N6O. The van der Waals surface area contributed by atoms with Gasteiger partial charge in [0, 0.05) is 38.8 Å². The molecule has 1 amide bonds. The van der Waals surface area contributed by atoms with E-state index in [1.807, 2.05) is 29.2 Å². The van der Waals surface area contributed by atoms with Crippen molar-refractivity contribution in [1.82, 2.24) is 24.6 Å². The molecule has 0 fully saturated rings. The molecule has 2 aromatic heterocycles. The van der Waals surface area contributed by atoms with Crippen molar-refractivity contribution in [2.75, 3.05) is 6.54 Å². The summed E-state index contributed by atoms with van der Waals surface area (Å²) in [5.74, 6) is 0.0429. The fourth-order valence-electron chi connectivity index (χ4n) is 3.18. The molecule has 7 nitrogen and oxygen atoms in total. The molecule has 0 bridgehead atoms. The molecule has 0 aliphatic carbocycles. The van der Waals surface area contributed by atoms with Gasteiger partial charge in [0.2, 0.25) is 5.91 Å². The second-order valence-corrected chi connectivity index (χ2v) is 6.32. The summed E-state index contributed by atoms with van der Waals surface area (Å²) in [4.78, 5) is 13.7. The van der Waals surface area contributed by atoms with Gasteiger partial charge in [-0.1, -0.05) is 6.92 Å². The Morgan fingerprint density at radius 1 is 1.36 bits per heavy atom. The number of carbonyl (C=O) groups excluding carboxylic acids is 1. The zero-order valence-electron chi connectivity index (χ0n) is 14.8. The largest absolute Gasteiger partial charge is 0.350 e. The first-order valence-corrected chi connectivity index (χ1v) is 8.76. The smallest absolute Gasteiger partial charge is 0.220 e. The predicted octanol–water partition coefficient (Wildman–Crippen LogP) is 1.62. The van der Waals surface area contributed by atoms with Gasteiger partial charge in [-0.25, -0.2) is 0 Å². The summed E-state index contributed by atoms with van der Waals surface area (Å²) >= 11 is 0. The Bertz CT molecular complexity index is 797. The topological polar surface area (TPSA) is 78.9 Å². The first-order chi connectivity index (χ1) is 12.1. The summed E-state index contributed by atoms with van der Waals surface area (Å²) in [6.07, 6.45) is 2.56. The quantitative estimate of drug-likeness (QED) is 0.867. The minimum Gasteiger partial charge on any atom is -0.350 e. The van der Waals surface area contributed by atoms with Crippen LogP contribution in [0.5, 0.6) is 0 Å². The van der Waals surface area contributed by atoms with Crippen LogP contribution >= 0.6 is 0 Å². The lowest BCUT2D eigenvalue weighted by atomic mass is 10.2. The number of aryl methyl sites for hydroxylation is 1. The molecule has 1 N–H and O–H groups in total. The van der Waals surface area contributed by atoms with Crippen molar-refractivity contribution in [3.05, 3.63) is 41.0 Å². The Hall–Kier alpha value is -2.59. The number of aromatic nitrogens is 3. The van der Waals surface area contributed by atoms with Crippen LogP contribution in [-0.4, -0.2) is 31.7 Å². The molecule has 0 unspecified atom stereocenters. The summed E-state index contributed by atoms with van der Waals surface area (Å²) in [7, 11) is 0. The number of nitriles is 1. The van der Waals surface area contributed by atoms with E-state index in [2.05, 4.69) is 33.6 Å². The zero-order chi connectivity index (χ0) is 17.8. The third-order valence-electron chi connectivity index (χ3n) is 4.53. The predicted molar refractivity (Wildman–Crippen MR) is 93.3 cm³/mol. The first-order valence-electron chi connectivity index (χ1n) is 8.76. The minimum absolute atomic E-state index is 0.0429. The number of rotatable bonds is 6. The van der Waals surface area contributed by atoms with E-state index >= 15 is 0 Å². The fourth-order valence-corrected chi connectivity index (χ4v) is 3.18. The van der Waals surface area contributed by atoms with Crippen LogP contribution in [0.1, 0.15) is 42.9 Å². The second kappa shape index (κ2) is 7.53. The van der Waals surface area contributed by atoms with Crippen molar-refractivity contribution in [1.29, 1.82) is 5.26 Å². The standard InChI is InChI=1S/C18H24N6O/c1-3-18(25)20-10-15-8-17-13-22(5-6-24(17)21-15)11-14-7-16(9-19)23(4-2)12-14/h7-8,12H,3-6,10-11,13H2,1-2H3,(H,20,25). The summed E-state index contributed by atoms with van der Waals surface area (Å²) in [6, 6.07) is 6.29. The highest BCUT2D eigenvalue weighted by molar-refractivity contribution is 5.75. The number of nitrogens with one attached hydrogen (secondary N) is 1. The average Bonchev–Trinajstić information content (AvgIpc) is 3.22. The van der Waals surface area contributed by atoms with Crippen molar-refractivity contribution in [2.24, 2.45) is 0 Å². The van der Waals surface area contributed by atoms with Crippen LogP contribution in [0.15, 0.2) is 18.3 Å². The molecule has 2 aromatic rings. The summed E-state index contributed by atoms with van der Waals surface area (Å²) in [5, 5.41) is 16.6. The Morgan fingerprint density at radius 3 is 2.88 bits per heavy atom. The average molecular weight is 340 g/mol. The van der Waals surface area contributed by atoms with Gasteiger partial charge in [-0.3, -0.25) is 14.4 Å². The molecule has 3 rings (SSSR count). The number of hydrogen-bond acceptors (Lipinski definition) is 4. The lowest BCUT2D eigenvalue weighted by Gasteiger charge is -2.27. The van der Waals surface area contributed by atoms with Crippen molar-refractivity contribution in [3.8, 4) is 6.07 Å². The van der Waals surface area contributed by atoms with Crippen molar-refractivity contribution < 1.29 is 4.79 Å². The lowest BCUT2D eigenvalue weighted by Crippen LogP contribution is -2.33. The third-order valence-corrected chi connectivity index (χ3v) is 4.53. The molecule has 7 heteroatoms. The molecule has 0 spiro atoms. The van der Waals surface area contributed by atoms with Gasteiger partial charge in [0.25, 0.3) is 0 Å². The summed E-state index contributed by atoms with van der Waals surface area (Å²) in [6.45, 7) is 8.60. The third kappa shape index (κ3) is 3.91. The normalized spacial score (nSPS) is 14.1. The highest BCUT2D eigenvalue weighted by atomic mass is 16.1. The van der Waals surface area contributed by atoms with Gasteiger partial charge in [-0.2, -0.15) is 10.4 Å². The van der Waals surface area contributed by atoms with Crippen molar-refractivity contribution in [3.63, 3.8) is 0 Å². The van der Waals surface area contributed by atoms with E-state index in [1.165, 1.54) is 11.3 Å². The number of nitrogens with zero attached hydrogens (tertiary/aromatic N) is 5. The van der Waals surface area contributed by atoms with Crippen LogP contribution in [0.4, 0.5) is 0 Å². The van der Waals surface area contributed by atoms with Crippen molar-refractivity contribution in [2.45, 2.75) is 53.0 Å². The fraction of sp³-hybridized carbons (Fsp3) is 0.500. The maximum absolute atomic E-state index is 11.4. The van der Waals surface area contributed by atoms with Gasteiger partial charge < -0.3 is 9.88 Å². The number of amides is 1. The monoisotopic (exact) mass is 340 g/mol. The van der Waals surface area contributed by atoms with Gasteiger partial charge in [0.05, 0.1) is 24.5 Å². The number of hydrogen-bond donors (Lipinski definition) is 1. The van der Waals surface area contributed by atoms with Gasteiger partial charge in [-0.15, -0.1) is 0 Å². The Labute approximate surface area is 147 Å². The molecule has 3 heterocycles. The van der Waals surface area contributed by atoms with Crippen LogP contribution in [0.25, 0.3) is 0 Å². The van der Waals surface area contributed by atoms with Crippen LogP contribution in [-0.2, 0) is 37.5 Å². The van der Waals surface area contributed by atoms with Gasteiger partial charge >= 0.3 is 0 Å².